The molecule has 1 saturated heterocycles. The summed E-state index contributed by atoms with van der Waals surface area (Å²) >= 11 is 0. The van der Waals surface area contributed by atoms with E-state index in [2.05, 4.69) is 11.7 Å². The molecule has 0 aromatic heterocycles. The van der Waals surface area contributed by atoms with Gasteiger partial charge in [0.25, 0.3) is 0 Å². The van der Waals surface area contributed by atoms with Crippen molar-refractivity contribution in [3.63, 3.8) is 0 Å². The van der Waals surface area contributed by atoms with Gasteiger partial charge in [-0.05, 0) is 26.2 Å². The minimum atomic E-state index is -0.0800. The Morgan fingerprint density at radius 3 is 2.28 bits per heavy atom. The molecule has 0 bridgehead atoms. The molecule has 110 valence electrons. The van der Waals surface area contributed by atoms with Crippen LogP contribution >= 0.6 is 21.6 Å². The summed E-state index contributed by atoms with van der Waals surface area (Å²) in [7, 11) is 5.44. The van der Waals surface area contributed by atoms with Crippen molar-refractivity contribution in [2.24, 2.45) is 0 Å². The molecule has 1 aliphatic rings. The molecule has 0 radical (unpaired) electrons. The summed E-state index contributed by atoms with van der Waals surface area (Å²) in [6.45, 7) is 10.3. The molecular weight excluding hydrogens is 264 g/mol. The van der Waals surface area contributed by atoms with Gasteiger partial charge in [0.15, 0.2) is 0 Å². The third-order valence-corrected chi connectivity index (χ3v) is 5.90. The van der Waals surface area contributed by atoms with Gasteiger partial charge in [-0.15, -0.1) is 0 Å². The van der Waals surface area contributed by atoms with E-state index in [9.17, 15) is 4.79 Å². The summed E-state index contributed by atoms with van der Waals surface area (Å²) in [5, 5.41) is 0. The lowest BCUT2D eigenvalue weighted by atomic mass is 9.99. The first-order valence-corrected chi connectivity index (χ1v) is 9.36. The predicted molar refractivity (Wildman–Crippen MR) is 86.3 cm³/mol. The number of ether oxygens (including phenoxy) is 1. The molecule has 0 N–H and O–H groups in total. The average molecular weight is 295 g/mol. The fraction of sp³-hybridized carbons (Fsp3) is 0.929. The summed E-state index contributed by atoms with van der Waals surface area (Å²) in [5.74, 6) is 1.20. The number of rotatable bonds is 5. The zero-order chi connectivity index (χ0) is 14.4. The Bertz CT molecular complexity index is 190. The van der Waals surface area contributed by atoms with Crippen molar-refractivity contribution in [2.45, 2.75) is 71.5 Å². The average Bonchev–Trinajstić information content (AvgIpc) is 2.86. The molecule has 0 unspecified atom stereocenters. The van der Waals surface area contributed by atoms with Crippen LogP contribution in [-0.4, -0.2) is 23.6 Å². The summed E-state index contributed by atoms with van der Waals surface area (Å²) < 4.78 is 5.06. The molecular formula is C14H30O2S2. The predicted octanol–water partition coefficient (Wildman–Crippen LogP) is 5.32. The van der Waals surface area contributed by atoms with E-state index in [0.717, 1.165) is 12.8 Å². The molecule has 0 saturated carbocycles. The Balaban J connectivity index is 0. The number of carbonyl (C=O) groups is 1. The lowest BCUT2D eigenvalue weighted by molar-refractivity contribution is -0.140. The van der Waals surface area contributed by atoms with Crippen molar-refractivity contribution in [3.8, 4) is 0 Å². The molecule has 1 aliphatic heterocycles. The van der Waals surface area contributed by atoms with Gasteiger partial charge in [0.1, 0.15) is 0 Å². The monoisotopic (exact) mass is 294 g/mol. The van der Waals surface area contributed by atoms with Crippen LogP contribution in [0.25, 0.3) is 0 Å². The molecule has 1 atom stereocenters. The molecule has 0 aromatic carbocycles. The van der Waals surface area contributed by atoms with Crippen molar-refractivity contribution in [3.05, 3.63) is 0 Å². The largest absolute Gasteiger partial charge is 0.469 e. The quantitative estimate of drug-likeness (QED) is 0.389. The van der Waals surface area contributed by atoms with E-state index in [1.165, 1.54) is 25.7 Å². The van der Waals surface area contributed by atoms with Crippen LogP contribution in [0.15, 0.2) is 0 Å². The first kappa shape index (κ1) is 20.5. The molecule has 18 heavy (non-hydrogen) atoms. The lowest BCUT2D eigenvalue weighted by Gasteiger charge is -2.20. The van der Waals surface area contributed by atoms with Gasteiger partial charge in [-0.3, -0.25) is 4.79 Å². The van der Waals surface area contributed by atoms with Crippen molar-refractivity contribution in [2.75, 3.05) is 12.9 Å². The Hall–Kier alpha value is 0.170. The summed E-state index contributed by atoms with van der Waals surface area (Å²) in [6, 6.07) is 0. The molecule has 4 heteroatoms. The van der Waals surface area contributed by atoms with Gasteiger partial charge in [0.2, 0.25) is 0 Å². The number of esters is 1. The van der Waals surface area contributed by atoms with Crippen LogP contribution in [0.4, 0.5) is 0 Å². The van der Waals surface area contributed by atoms with E-state index in [-0.39, 0.29) is 5.97 Å². The van der Waals surface area contributed by atoms with Gasteiger partial charge in [-0.25, -0.2) is 0 Å². The van der Waals surface area contributed by atoms with Crippen LogP contribution in [0, 0.1) is 0 Å². The maximum Gasteiger partial charge on any atom is 0.305 e. The Morgan fingerprint density at radius 1 is 1.22 bits per heavy atom. The molecule has 2 nitrogen and oxygen atoms in total. The van der Waals surface area contributed by atoms with Crippen molar-refractivity contribution >= 4 is 27.6 Å². The van der Waals surface area contributed by atoms with Crippen LogP contribution in [0.3, 0.4) is 0 Å². The van der Waals surface area contributed by atoms with Crippen LogP contribution in [0.5, 0.6) is 0 Å². The minimum absolute atomic E-state index is 0.0800. The van der Waals surface area contributed by atoms with Crippen LogP contribution in [0.1, 0.15) is 66.7 Å². The SMILES string of the molecule is CC.CC.COC(=O)CCCC[C@]1(C)CCSS1. The van der Waals surface area contributed by atoms with E-state index in [4.69, 9.17) is 0 Å². The van der Waals surface area contributed by atoms with Gasteiger partial charge in [-0.1, -0.05) is 55.7 Å². The van der Waals surface area contributed by atoms with Gasteiger partial charge in [0, 0.05) is 16.9 Å². The number of methoxy groups -OCH3 is 1. The number of carbonyl (C=O) groups excluding carboxylic acids is 1. The first-order chi connectivity index (χ1) is 8.66. The topological polar surface area (TPSA) is 26.3 Å². The Labute approximate surface area is 121 Å². The summed E-state index contributed by atoms with van der Waals surface area (Å²) in [6.07, 6.45) is 5.21. The minimum Gasteiger partial charge on any atom is -0.469 e. The second-order valence-electron chi connectivity index (χ2n) is 3.89. The van der Waals surface area contributed by atoms with E-state index in [0.29, 0.717) is 11.2 Å². The zero-order valence-corrected chi connectivity index (χ0v) is 14.5. The Kier molecular flexibility index (Phi) is 15.5. The van der Waals surface area contributed by atoms with Crippen LogP contribution < -0.4 is 0 Å². The molecule has 1 fully saturated rings. The fourth-order valence-corrected chi connectivity index (χ4v) is 4.82. The van der Waals surface area contributed by atoms with E-state index >= 15 is 0 Å². The molecule has 0 aromatic rings. The number of unbranched alkanes of at least 4 members (excludes halogenated alkanes) is 1. The highest BCUT2D eigenvalue weighted by atomic mass is 33.1. The van der Waals surface area contributed by atoms with Gasteiger partial charge < -0.3 is 4.74 Å². The normalized spacial score (nSPS) is 21.2. The molecule has 1 rings (SSSR count). The zero-order valence-electron chi connectivity index (χ0n) is 12.9. The maximum atomic E-state index is 10.9. The second-order valence-corrected chi connectivity index (χ2v) is 6.89. The van der Waals surface area contributed by atoms with E-state index in [1.54, 1.807) is 0 Å². The third-order valence-electron chi connectivity index (χ3n) is 2.54. The highest BCUT2D eigenvalue weighted by molar-refractivity contribution is 8.77. The first-order valence-electron chi connectivity index (χ1n) is 7.04. The maximum absolute atomic E-state index is 10.9. The van der Waals surface area contributed by atoms with Crippen molar-refractivity contribution < 1.29 is 9.53 Å². The second kappa shape index (κ2) is 13.6. The van der Waals surface area contributed by atoms with E-state index < -0.39 is 0 Å². The smallest absolute Gasteiger partial charge is 0.305 e. The molecule has 0 aliphatic carbocycles. The van der Waals surface area contributed by atoms with Crippen LogP contribution in [-0.2, 0) is 9.53 Å². The molecule has 0 spiro atoms. The standard InChI is InChI=1S/C10H18O2S2.2C2H6/c1-10(7-8-13-14-10)6-4-3-5-9(11)12-2;2*1-2/h3-8H2,1-2H3;2*1-2H3/t10-;;/m1../s1. The number of hydrogen-bond acceptors (Lipinski definition) is 4. The third kappa shape index (κ3) is 10.1. The lowest BCUT2D eigenvalue weighted by Crippen LogP contribution is -2.15. The fourth-order valence-electron chi connectivity index (χ4n) is 1.52. The highest BCUT2D eigenvalue weighted by Gasteiger charge is 2.29. The summed E-state index contributed by atoms with van der Waals surface area (Å²) in [5.41, 5.74) is 0. The highest BCUT2D eigenvalue weighted by Crippen LogP contribution is 2.49. The Morgan fingerprint density at radius 2 is 1.83 bits per heavy atom. The van der Waals surface area contributed by atoms with Gasteiger partial charge in [-0.2, -0.15) is 0 Å². The molecule has 1 heterocycles. The summed E-state index contributed by atoms with van der Waals surface area (Å²) in [4.78, 5) is 10.9. The van der Waals surface area contributed by atoms with Crippen LogP contribution in [0.2, 0.25) is 0 Å². The molecule has 0 amide bonds. The van der Waals surface area contributed by atoms with Crippen molar-refractivity contribution in [1.82, 2.24) is 0 Å². The van der Waals surface area contributed by atoms with Gasteiger partial charge >= 0.3 is 5.97 Å². The van der Waals surface area contributed by atoms with Crippen molar-refractivity contribution in [1.29, 1.82) is 0 Å². The number of hydrogen-bond donors (Lipinski definition) is 0. The van der Waals surface area contributed by atoms with Gasteiger partial charge in [0.05, 0.1) is 7.11 Å². The van der Waals surface area contributed by atoms with E-state index in [1.807, 2.05) is 49.3 Å².